The minimum absolute atomic E-state index is 0.0430. The van der Waals surface area contributed by atoms with E-state index in [1.165, 1.54) is 11.1 Å². The van der Waals surface area contributed by atoms with Crippen LogP contribution in [-0.4, -0.2) is 16.5 Å². The summed E-state index contributed by atoms with van der Waals surface area (Å²) in [6.45, 7) is 6.79. The third kappa shape index (κ3) is 2.48. The Morgan fingerprint density at radius 3 is 2.88 bits per heavy atom. The van der Waals surface area contributed by atoms with E-state index in [2.05, 4.69) is 42.2 Å². The highest BCUT2D eigenvalue weighted by Crippen LogP contribution is 2.67. The van der Waals surface area contributed by atoms with Crippen molar-refractivity contribution in [1.29, 1.82) is 0 Å². The molecule has 0 amide bonds. The zero-order chi connectivity index (χ0) is 17.8. The first kappa shape index (κ1) is 18.0. The lowest BCUT2D eigenvalue weighted by atomic mass is 9.48. The van der Waals surface area contributed by atoms with E-state index in [-0.39, 0.29) is 5.41 Å². The van der Waals surface area contributed by atoms with Crippen LogP contribution >= 0.6 is 22.6 Å². The maximum atomic E-state index is 11.9. The van der Waals surface area contributed by atoms with Crippen molar-refractivity contribution in [3.05, 3.63) is 34.0 Å². The van der Waals surface area contributed by atoms with Crippen LogP contribution in [0.2, 0.25) is 0 Å². The van der Waals surface area contributed by atoms with Crippen LogP contribution in [0.1, 0.15) is 58.3 Å². The molecule has 3 saturated carbocycles. The summed E-state index contributed by atoms with van der Waals surface area (Å²) in [6, 6.07) is 0. The van der Waals surface area contributed by atoms with Crippen LogP contribution < -0.4 is 0 Å². The van der Waals surface area contributed by atoms with E-state index in [1.54, 1.807) is 0 Å². The van der Waals surface area contributed by atoms with E-state index in [0.717, 1.165) is 44.9 Å². The van der Waals surface area contributed by atoms with Crippen LogP contribution in [0.15, 0.2) is 34.0 Å². The van der Waals surface area contributed by atoms with Crippen LogP contribution in [0.5, 0.6) is 0 Å². The summed E-state index contributed by atoms with van der Waals surface area (Å²) in [4.78, 5) is 11.9. The number of fused-ring (bicyclic) bond motifs is 5. The zero-order valence-corrected chi connectivity index (χ0v) is 17.3. The molecule has 2 nitrogen and oxygen atoms in total. The minimum Gasteiger partial charge on any atom is -0.385 e. The zero-order valence-electron chi connectivity index (χ0n) is 15.1. The molecule has 0 aromatic rings. The van der Waals surface area contributed by atoms with E-state index in [0.29, 0.717) is 35.9 Å². The fourth-order valence-electron chi connectivity index (χ4n) is 7.09. The lowest BCUT2D eigenvalue weighted by Crippen LogP contribution is -2.54. The van der Waals surface area contributed by atoms with Crippen LogP contribution in [0.25, 0.3) is 0 Å². The van der Waals surface area contributed by atoms with Crippen LogP contribution in [0.3, 0.4) is 0 Å². The van der Waals surface area contributed by atoms with Crippen molar-refractivity contribution >= 4 is 28.4 Å². The molecular weight excluding hydrogens is 423 g/mol. The predicted octanol–water partition coefficient (Wildman–Crippen LogP) is 5.36. The summed E-state index contributed by atoms with van der Waals surface area (Å²) in [5, 5.41) is 11.5. The van der Waals surface area contributed by atoms with E-state index >= 15 is 0 Å². The summed E-state index contributed by atoms with van der Waals surface area (Å²) in [6.07, 6.45) is 11.9. The molecule has 136 valence electrons. The molecule has 0 aromatic carbocycles. The Morgan fingerprint density at radius 1 is 1.36 bits per heavy atom. The quantitative estimate of drug-likeness (QED) is 0.452. The molecule has 25 heavy (non-hydrogen) atoms. The summed E-state index contributed by atoms with van der Waals surface area (Å²) < 4.78 is 2.00. The van der Waals surface area contributed by atoms with Gasteiger partial charge in [0.25, 0.3) is 0 Å². The van der Waals surface area contributed by atoms with Crippen molar-refractivity contribution in [3.8, 4) is 0 Å². The second kappa shape index (κ2) is 6.33. The van der Waals surface area contributed by atoms with Gasteiger partial charge in [0, 0.05) is 11.8 Å². The van der Waals surface area contributed by atoms with Gasteiger partial charge in [-0.3, -0.25) is 4.79 Å². The maximum Gasteiger partial charge on any atom is 0.155 e. The Labute approximate surface area is 165 Å². The normalized spacial score (nSPS) is 46.6. The number of allylic oxidation sites excluding steroid dienone is 2. The van der Waals surface area contributed by atoms with Gasteiger partial charge in [0.15, 0.2) is 5.78 Å². The number of halogens is 1. The number of rotatable bonds is 2. The summed E-state index contributed by atoms with van der Waals surface area (Å²) >= 11 is 2.24. The highest BCUT2D eigenvalue weighted by atomic mass is 127. The van der Waals surface area contributed by atoms with Gasteiger partial charge in [0.05, 0.1) is 5.60 Å². The highest BCUT2D eigenvalue weighted by molar-refractivity contribution is 14.1. The SMILES string of the molecule is C=C1C[C@@]2(CC)C(CC[C@@]2(O)/C=C/I)C2CCC3=CC(=O)CCC3C12. The molecule has 4 unspecified atom stereocenters. The molecule has 0 aromatic heterocycles. The Hall–Kier alpha value is -0.420. The number of aliphatic hydroxyl groups is 1. The van der Waals surface area contributed by atoms with Gasteiger partial charge in [-0.1, -0.05) is 47.2 Å². The largest absolute Gasteiger partial charge is 0.385 e. The van der Waals surface area contributed by atoms with E-state index in [9.17, 15) is 9.90 Å². The minimum atomic E-state index is -0.680. The van der Waals surface area contributed by atoms with Gasteiger partial charge >= 0.3 is 0 Å². The Bertz CT molecular complexity index is 663. The number of hydrogen-bond acceptors (Lipinski definition) is 2. The second-order valence-corrected chi connectivity index (χ2v) is 9.49. The van der Waals surface area contributed by atoms with Crippen molar-refractivity contribution in [1.82, 2.24) is 0 Å². The van der Waals surface area contributed by atoms with E-state index in [4.69, 9.17) is 0 Å². The smallest absolute Gasteiger partial charge is 0.155 e. The Morgan fingerprint density at radius 2 is 2.16 bits per heavy atom. The van der Waals surface area contributed by atoms with Gasteiger partial charge in [0.1, 0.15) is 0 Å². The van der Waals surface area contributed by atoms with E-state index in [1.807, 2.05) is 10.2 Å². The average Bonchev–Trinajstić information content (AvgIpc) is 2.87. The van der Waals surface area contributed by atoms with Gasteiger partial charge in [-0.25, -0.2) is 0 Å². The predicted molar refractivity (Wildman–Crippen MR) is 109 cm³/mol. The standard InChI is InChI=1S/C22H29IO2/c1-3-21-13-14(2)20-17-7-5-16(24)12-15(17)4-6-18(20)19(21)8-9-22(21,25)10-11-23/h10-12,17-20,25H,2-9,13H2,1H3/b11-10+/t17?,18?,19?,20?,21-,22+/m0/s1. The first-order valence-corrected chi connectivity index (χ1v) is 11.1. The molecule has 0 aliphatic heterocycles. The number of ketones is 1. The molecule has 4 aliphatic carbocycles. The molecule has 0 saturated heterocycles. The molecule has 6 atom stereocenters. The first-order chi connectivity index (χ1) is 12.0. The summed E-state index contributed by atoms with van der Waals surface area (Å²) in [5.74, 6) is 2.60. The lowest BCUT2D eigenvalue weighted by molar-refractivity contribution is -0.116. The van der Waals surface area contributed by atoms with Crippen molar-refractivity contribution in [3.63, 3.8) is 0 Å². The monoisotopic (exact) mass is 452 g/mol. The second-order valence-electron chi connectivity index (χ2n) is 8.77. The fourth-order valence-corrected chi connectivity index (χ4v) is 7.68. The number of carbonyl (C=O) groups is 1. The molecule has 0 radical (unpaired) electrons. The van der Waals surface area contributed by atoms with Gasteiger partial charge < -0.3 is 5.11 Å². The van der Waals surface area contributed by atoms with Crippen LogP contribution in [-0.2, 0) is 4.79 Å². The van der Waals surface area contributed by atoms with Crippen molar-refractivity contribution in [2.45, 2.75) is 63.9 Å². The van der Waals surface area contributed by atoms with Gasteiger partial charge in [-0.05, 0) is 84.9 Å². The van der Waals surface area contributed by atoms with Gasteiger partial charge in [-0.2, -0.15) is 0 Å². The van der Waals surface area contributed by atoms with Crippen molar-refractivity contribution < 1.29 is 9.90 Å². The molecule has 3 heteroatoms. The molecule has 0 spiro atoms. The van der Waals surface area contributed by atoms with Crippen molar-refractivity contribution in [2.75, 3.05) is 0 Å². The highest BCUT2D eigenvalue weighted by Gasteiger charge is 2.63. The number of hydrogen-bond donors (Lipinski definition) is 1. The van der Waals surface area contributed by atoms with Gasteiger partial charge in [-0.15, -0.1) is 0 Å². The average molecular weight is 452 g/mol. The van der Waals surface area contributed by atoms with E-state index < -0.39 is 5.60 Å². The van der Waals surface area contributed by atoms with Crippen LogP contribution in [0.4, 0.5) is 0 Å². The summed E-state index contributed by atoms with van der Waals surface area (Å²) in [5.41, 5.74) is 2.01. The molecule has 3 fully saturated rings. The molecule has 0 heterocycles. The Kier molecular flexibility index (Phi) is 4.55. The maximum absolute atomic E-state index is 11.9. The third-order valence-electron chi connectivity index (χ3n) is 8.09. The Balaban J connectivity index is 1.73. The summed E-state index contributed by atoms with van der Waals surface area (Å²) in [7, 11) is 0. The molecule has 4 aliphatic rings. The van der Waals surface area contributed by atoms with Crippen molar-refractivity contribution in [2.24, 2.45) is 29.1 Å². The third-order valence-corrected chi connectivity index (χ3v) is 8.45. The fraction of sp³-hybridized carbons (Fsp3) is 0.682. The lowest BCUT2D eigenvalue weighted by Gasteiger charge is -2.57. The molecule has 0 bridgehead atoms. The molecular formula is C22H29IO2. The van der Waals surface area contributed by atoms with Crippen LogP contribution in [0, 0.1) is 29.1 Å². The molecule has 4 rings (SSSR count). The first-order valence-electron chi connectivity index (χ1n) is 9.87. The van der Waals surface area contributed by atoms with Gasteiger partial charge in [0.2, 0.25) is 0 Å². The topological polar surface area (TPSA) is 37.3 Å². The molecule has 1 N–H and O–H groups in total. The number of carbonyl (C=O) groups excluding carboxylic acids is 1.